The van der Waals surface area contributed by atoms with Gasteiger partial charge in [-0.2, -0.15) is 0 Å². The molecular weight excluding hydrogens is 314 g/mol. The van der Waals surface area contributed by atoms with Crippen molar-refractivity contribution in [2.45, 2.75) is 58.5 Å². The molecule has 2 amide bonds. The largest absolute Gasteiger partial charge is 0.481 e. The van der Waals surface area contributed by atoms with Gasteiger partial charge in [-0.15, -0.1) is 0 Å². The van der Waals surface area contributed by atoms with Crippen molar-refractivity contribution in [1.82, 2.24) is 16.0 Å². The molecule has 0 aliphatic rings. The Morgan fingerprint density at radius 3 is 2.21 bits per heavy atom. The monoisotopic (exact) mass is 345 g/mol. The maximum atomic E-state index is 11.5. The molecule has 0 rings (SSSR count). The van der Waals surface area contributed by atoms with E-state index < -0.39 is 17.7 Å². The number of alkyl carbamates (subject to hydrolysis) is 1. The van der Waals surface area contributed by atoms with E-state index in [1.165, 1.54) is 0 Å². The minimum atomic E-state index is -0.786. The molecule has 0 saturated heterocycles. The highest BCUT2D eigenvalue weighted by Gasteiger charge is 2.15. The summed E-state index contributed by atoms with van der Waals surface area (Å²) in [6.07, 6.45) is 2.30. The Labute approximate surface area is 143 Å². The van der Waals surface area contributed by atoms with Crippen LogP contribution in [0.5, 0.6) is 0 Å². The fraction of sp³-hybridized carbons (Fsp3) is 0.812. The van der Waals surface area contributed by atoms with E-state index in [1.807, 2.05) is 0 Å². The van der Waals surface area contributed by atoms with Crippen molar-refractivity contribution in [3.63, 3.8) is 0 Å². The van der Waals surface area contributed by atoms with E-state index in [2.05, 4.69) is 16.0 Å². The van der Waals surface area contributed by atoms with Crippen LogP contribution >= 0.6 is 0 Å². The number of carbonyl (C=O) groups excluding carboxylic acids is 2. The van der Waals surface area contributed by atoms with Gasteiger partial charge >= 0.3 is 12.1 Å². The van der Waals surface area contributed by atoms with E-state index in [0.717, 1.165) is 12.8 Å². The van der Waals surface area contributed by atoms with E-state index in [1.54, 1.807) is 20.8 Å². The van der Waals surface area contributed by atoms with Gasteiger partial charge in [0.05, 0.1) is 0 Å². The summed E-state index contributed by atoms with van der Waals surface area (Å²) in [7, 11) is 0. The molecule has 8 nitrogen and oxygen atoms in total. The lowest BCUT2D eigenvalue weighted by molar-refractivity contribution is -0.137. The second kappa shape index (κ2) is 12.6. The molecule has 0 heterocycles. The fourth-order valence-corrected chi connectivity index (χ4v) is 1.79. The van der Waals surface area contributed by atoms with Gasteiger partial charge in [-0.3, -0.25) is 9.59 Å². The van der Waals surface area contributed by atoms with Crippen molar-refractivity contribution in [3.8, 4) is 0 Å². The van der Waals surface area contributed by atoms with E-state index in [0.29, 0.717) is 39.0 Å². The van der Waals surface area contributed by atoms with Crippen molar-refractivity contribution in [2.24, 2.45) is 0 Å². The van der Waals surface area contributed by atoms with E-state index >= 15 is 0 Å². The summed E-state index contributed by atoms with van der Waals surface area (Å²) in [6, 6.07) is 0. The molecule has 0 fully saturated rings. The predicted molar refractivity (Wildman–Crippen MR) is 90.8 cm³/mol. The molecule has 0 unspecified atom stereocenters. The molecule has 0 aromatic carbocycles. The number of hydrogen-bond donors (Lipinski definition) is 4. The van der Waals surface area contributed by atoms with Gasteiger partial charge in [0.25, 0.3) is 0 Å². The number of carboxylic acids is 1. The van der Waals surface area contributed by atoms with E-state index in [9.17, 15) is 14.4 Å². The first-order chi connectivity index (χ1) is 11.2. The number of ether oxygens (including phenoxy) is 1. The molecule has 0 saturated carbocycles. The zero-order chi connectivity index (χ0) is 18.4. The summed E-state index contributed by atoms with van der Waals surface area (Å²) in [6.45, 7) is 7.49. The minimum Gasteiger partial charge on any atom is -0.481 e. The molecule has 0 aromatic heterocycles. The van der Waals surface area contributed by atoms with Crippen LogP contribution in [0.25, 0.3) is 0 Å². The molecule has 4 N–H and O–H groups in total. The Bertz CT molecular complexity index is 394. The molecule has 140 valence electrons. The van der Waals surface area contributed by atoms with Gasteiger partial charge in [-0.1, -0.05) is 6.42 Å². The van der Waals surface area contributed by atoms with E-state index in [4.69, 9.17) is 9.84 Å². The SMILES string of the molecule is CC(C)(C)OC(=O)NCCNCCC(=O)NCCCCCC(=O)O. The zero-order valence-corrected chi connectivity index (χ0v) is 14.9. The molecule has 0 atom stereocenters. The Kier molecular flexibility index (Phi) is 11.6. The van der Waals surface area contributed by atoms with Crippen LogP contribution in [0.3, 0.4) is 0 Å². The van der Waals surface area contributed by atoms with Gasteiger partial charge in [0, 0.05) is 39.0 Å². The number of carbonyl (C=O) groups is 3. The number of rotatable bonds is 12. The second-order valence-corrected chi connectivity index (χ2v) is 6.48. The maximum Gasteiger partial charge on any atom is 0.407 e. The van der Waals surface area contributed by atoms with Crippen molar-refractivity contribution in [2.75, 3.05) is 26.2 Å². The number of hydrogen-bond acceptors (Lipinski definition) is 5. The molecule has 24 heavy (non-hydrogen) atoms. The van der Waals surface area contributed by atoms with E-state index in [-0.39, 0.29) is 12.3 Å². The van der Waals surface area contributed by atoms with Gasteiger partial charge in [-0.05, 0) is 33.6 Å². The average molecular weight is 345 g/mol. The standard InChI is InChI=1S/C16H31N3O5/c1-16(2,3)24-15(23)19-12-11-17-10-8-13(20)18-9-6-4-5-7-14(21)22/h17H,4-12H2,1-3H3,(H,18,20)(H,19,23)(H,21,22). The lowest BCUT2D eigenvalue weighted by Gasteiger charge is -2.19. The Morgan fingerprint density at radius 2 is 1.58 bits per heavy atom. The molecule has 0 bridgehead atoms. The van der Waals surface area contributed by atoms with Crippen LogP contribution in [0.1, 0.15) is 52.9 Å². The normalized spacial score (nSPS) is 11.0. The van der Waals surface area contributed by atoms with Gasteiger partial charge < -0.3 is 25.8 Å². The van der Waals surface area contributed by atoms with Crippen LogP contribution in [0, 0.1) is 0 Å². The summed E-state index contributed by atoms with van der Waals surface area (Å²) in [4.78, 5) is 33.2. The van der Waals surface area contributed by atoms with Crippen LogP contribution in [-0.4, -0.2) is 54.9 Å². The third kappa shape index (κ3) is 16.5. The molecular formula is C16H31N3O5. The number of carboxylic acid groups (broad SMARTS) is 1. The smallest absolute Gasteiger partial charge is 0.407 e. The summed E-state index contributed by atoms with van der Waals surface area (Å²) >= 11 is 0. The highest BCUT2D eigenvalue weighted by atomic mass is 16.6. The van der Waals surface area contributed by atoms with Gasteiger partial charge in [-0.25, -0.2) is 4.79 Å². The van der Waals surface area contributed by atoms with Crippen LogP contribution < -0.4 is 16.0 Å². The lowest BCUT2D eigenvalue weighted by Crippen LogP contribution is -2.37. The van der Waals surface area contributed by atoms with Crippen molar-refractivity contribution >= 4 is 18.0 Å². The minimum absolute atomic E-state index is 0.0409. The third-order valence-corrected chi connectivity index (χ3v) is 2.89. The number of unbranched alkanes of at least 4 members (excludes halogenated alkanes) is 2. The molecule has 0 spiro atoms. The average Bonchev–Trinajstić information content (AvgIpc) is 2.44. The molecule has 0 aliphatic carbocycles. The van der Waals surface area contributed by atoms with Gasteiger partial charge in [0.1, 0.15) is 5.60 Å². The van der Waals surface area contributed by atoms with Gasteiger partial charge in [0.2, 0.25) is 5.91 Å². The summed E-state index contributed by atoms with van der Waals surface area (Å²) < 4.78 is 5.09. The first-order valence-electron chi connectivity index (χ1n) is 8.37. The molecule has 0 aliphatic heterocycles. The lowest BCUT2D eigenvalue weighted by atomic mass is 10.2. The molecule has 0 aromatic rings. The number of aliphatic carboxylic acids is 1. The number of nitrogens with one attached hydrogen (secondary N) is 3. The van der Waals surface area contributed by atoms with Crippen molar-refractivity contribution < 1.29 is 24.2 Å². The summed E-state index contributed by atoms with van der Waals surface area (Å²) in [5.74, 6) is -0.827. The Hall–Kier alpha value is -1.83. The second-order valence-electron chi connectivity index (χ2n) is 6.48. The zero-order valence-electron chi connectivity index (χ0n) is 14.9. The van der Waals surface area contributed by atoms with Crippen molar-refractivity contribution in [1.29, 1.82) is 0 Å². The molecule has 8 heteroatoms. The Morgan fingerprint density at radius 1 is 0.875 bits per heavy atom. The summed E-state index contributed by atoms with van der Waals surface area (Å²) in [5.41, 5.74) is -0.511. The molecule has 0 radical (unpaired) electrons. The van der Waals surface area contributed by atoms with Crippen LogP contribution in [0.2, 0.25) is 0 Å². The maximum absolute atomic E-state index is 11.5. The first kappa shape index (κ1) is 22.2. The fourth-order valence-electron chi connectivity index (χ4n) is 1.79. The van der Waals surface area contributed by atoms with Crippen molar-refractivity contribution in [3.05, 3.63) is 0 Å². The van der Waals surface area contributed by atoms with Crippen LogP contribution in [0.4, 0.5) is 4.79 Å². The third-order valence-electron chi connectivity index (χ3n) is 2.89. The highest BCUT2D eigenvalue weighted by molar-refractivity contribution is 5.76. The van der Waals surface area contributed by atoms with Gasteiger partial charge in [0.15, 0.2) is 0 Å². The quantitative estimate of drug-likeness (QED) is 0.396. The Balaban J connectivity index is 3.40. The topological polar surface area (TPSA) is 117 Å². The first-order valence-corrected chi connectivity index (χ1v) is 8.37. The highest BCUT2D eigenvalue weighted by Crippen LogP contribution is 2.05. The van der Waals surface area contributed by atoms with Crippen LogP contribution in [-0.2, 0) is 14.3 Å². The number of amides is 2. The predicted octanol–water partition coefficient (Wildman–Crippen LogP) is 1.25. The van der Waals surface area contributed by atoms with Crippen LogP contribution in [0.15, 0.2) is 0 Å². The summed E-state index contributed by atoms with van der Waals surface area (Å²) in [5, 5.41) is 17.0.